The highest BCUT2D eigenvalue weighted by atomic mass is 19.1. The van der Waals surface area contributed by atoms with Gasteiger partial charge in [0.1, 0.15) is 29.8 Å². The van der Waals surface area contributed by atoms with Crippen LogP contribution in [0.5, 0.6) is 0 Å². The SMILES string of the molecule is OC(Nc1cn2nc(-c3c(-c4ccc(F)cc4)nc4n3CCOC4)ccc2n1)c1ccncc1. The molecule has 1 aliphatic heterocycles. The molecule has 10 heteroatoms. The van der Waals surface area contributed by atoms with Gasteiger partial charge in [-0.25, -0.2) is 18.9 Å². The number of fused-ring (bicyclic) bond motifs is 2. The number of benzene rings is 1. The molecule has 170 valence electrons. The lowest BCUT2D eigenvalue weighted by molar-refractivity contribution is 0.0821. The third-order valence-corrected chi connectivity index (χ3v) is 5.72. The van der Waals surface area contributed by atoms with Gasteiger partial charge in [-0.1, -0.05) is 0 Å². The number of rotatable bonds is 5. The number of nitrogens with one attached hydrogen (secondary N) is 1. The van der Waals surface area contributed by atoms with Crippen molar-refractivity contribution in [1.82, 2.24) is 29.1 Å². The number of hydrogen-bond acceptors (Lipinski definition) is 7. The number of nitrogens with zero attached hydrogens (tertiary/aromatic N) is 6. The van der Waals surface area contributed by atoms with Crippen molar-refractivity contribution in [1.29, 1.82) is 0 Å². The van der Waals surface area contributed by atoms with E-state index in [2.05, 4.69) is 19.9 Å². The summed E-state index contributed by atoms with van der Waals surface area (Å²) in [4.78, 5) is 13.3. The average molecular weight is 457 g/mol. The molecular weight excluding hydrogens is 437 g/mol. The monoisotopic (exact) mass is 457 g/mol. The molecule has 0 saturated heterocycles. The Hall–Kier alpha value is -4.15. The Kier molecular flexibility index (Phi) is 5.01. The minimum Gasteiger partial charge on any atom is -0.372 e. The number of ether oxygens (including phenoxy) is 1. The van der Waals surface area contributed by atoms with Crippen molar-refractivity contribution in [2.24, 2.45) is 0 Å². The van der Waals surface area contributed by atoms with Gasteiger partial charge >= 0.3 is 0 Å². The number of imidazole rings is 2. The first kappa shape index (κ1) is 20.5. The molecule has 6 rings (SSSR count). The van der Waals surface area contributed by atoms with Crippen LogP contribution in [0.25, 0.3) is 28.3 Å². The topological polar surface area (TPSA) is 102 Å². The molecule has 1 atom stereocenters. The maximum absolute atomic E-state index is 13.5. The van der Waals surface area contributed by atoms with Crippen molar-refractivity contribution in [3.05, 3.63) is 84.3 Å². The van der Waals surface area contributed by atoms with E-state index >= 15 is 0 Å². The Morgan fingerprint density at radius 2 is 1.85 bits per heavy atom. The second kappa shape index (κ2) is 8.32. The molecule has 5 aromatic rings. The summed E-state index contributed by atoms with van der Waals surface area (Å²) in [7, 11) is 0. The van der Waals surface area contributed by atoms with E-state index in [-0.39, 0.29) is 5.82 Å². The molecule has 34 heavy (non-hydrogen) atoms. The minimum absolute atomic E-state index is 0.301. The third kappa shape index (κ3) is 3.68. The molecule has 0 amide bonds. The van der Waals surface area contributed by atoms with Crippen LogP contribution in [-0.2, 0) is 17.9 Å². The molecule has 1 unspecified atom stereocenters. The first-order chi connectivity index (χ1) is 16.7. The molecule has 2 N–H and O–H groups in total. The van der Waals surface area contributed by atoms with Crippen molar-refractivity contribution < 1.29 is 14.2 Å². The number of aromatic nitrogens is 6. The average Bonchev–Trinajstić information content (AvgIpc) is 3.45. The lowest BCUT2D eigenvalue weighted by Crippen LogP contribution is -2.17. The van der Waals surface area contributed by atoms with Crippen molar-refractivity contribution in [3.63, 3.8) is 0 Å². The van der Waals surface area contributed by atoms with Crippen LogP contribution in [0.1, 0.15) is 17.6 Å². The highest BCUT2D eigenvalue weighted by Gasteiger charge is 2.24. The van der Waals surface area contributed by atoms with E-state index in [0.29, 0.717) is 42.5 Å². The molecule has 0 radical (unpaired) electrons. The summed E-state index contributed by atoms with van der Waals surface area (Å²) in [6.07, 6.45) is 4.03. The second-order valence-corrected chi connectivity index (χ2v) is 7.91. The fraction of sp³-hybridized carbons (Fsp3) is 0.167. The third-order valence-electron chi connectivity index (χ3n) is 5.72. The standard InChI is InChI=1S/C24H20FN7O2/c25-17-3-1-15(2-4-17)22-23(31-11-12-34-14-21(31)29-22)18-5-6-20-27-19(13-32(20)30-18)28-24(33)16-7-9-26-10-8-16/h1-10,13,24,28,33H,11-12,14H2. The maximum atomic E-state index is 13.5. The van der Waals surface area contributed by atoms with Gasteiger partial charge < -0.3 is 19.7 Å². The van der Waals surface area contributed by atoms with E-state index in [9.17, 15) is 9.50 Å². The molecule has 9 nitrogen and oxygen atoms in total. The predicted molar refractivity (Wildman–Crippen MR) is 122 cm³/mol. The van der Waals surface area contributed by atoms with Gasteiger partial charge in [-0.05, 0) is 48.5 Å². The van der Waals surface area contributed by atoms with Crippen LogP contribution in [0.4, 0.5) is 10.2 Å². The summed E-state index contributed by atoms with van der Waals surface area (Å²) >= 11 is 0. The lowest BCUT2D eigenvalue weighted by Gasteiger charge is -2.17. The molecule has 0 aliphatic carbocycles. The molecule has 4 aromatic heterocycles. The van der Waals surface area contributed by atoms with Crippen molar-refractivity contribution in [2.75, 3.05) is 11.9 Å². The van der Waals surface area contributed by atoms with Crippen LogP contribution in [0.3, 0.4) is 0 Å². The van der Waals surface area contributed by atoms with E-state index in [1.807, 2.05) is 12.1 Å². The van der Waals surface area contributed by atoms with Gasteiger partial charge in [0.2, 0.25) is 0 Å². The predicted octanol–water partition coefficient (Wildman–Crippen LogP) is 3.43. The number of aliphatic hydroxyl groups is 1. The molecule has 5 heterocycles. The quantitative estimate of drug-likeness (QED) is 0.390. The largest absolute Gasteiger partial charge is 0.372 e. The molecule has 0 fully saturated rings. The Morgan fingerprint density at radius 1 is 1.03 bits per heavy atom. The number of pyridine rings is 1. The summed E-state index contributed by atoms with van der Waals surface area (Å²) in [5, 5.41) is 18.2. The summed E-state index contributed by atoms with van der Waals surface area (Å²) in [5.41, 5.74) is 4.36. The number of halogens is 1. The molecule has 0 spiro atoms. The summed E-state index contributed by atoms with van der Waals surface area (Å²) in [6.45, 7) is 1.63. The Morgan fingerprint density at radius 3 is 2.68 bits per heavy atom. The Bertz CT molecular complexity index is 1460. The Labute approximate surface area is 193 Å². The zero-order chi connectivity index (χ0) is 23.1. The molecule has 1 aromatic carbocycles. The van der Waals surface area contributed by atoms with Crippen LogP contribution in [0, 0.1) is 5.82 Å². The highest BCUT2D eigenvalue weighted by Crippen LogP contribution is 2.33. The van der Waals surface area contributed by atoms with Crippen molar-refractivity contribution in [3.8, 4) is 22.6 Å². The second-order valence-electron chi connectivity index (χ2n) is 7.91. The van der Waals surface area contributed by atoms with Gasteiger partial charge in [0, 0.05) is 30.1 Å². The normalized spacial score (nSPS) is 14.2. The fourth-order valence-electron chi connectivity index (χ4n) is 4.09. The molecule has 0 saturated carbocycles. The maximum Gasteiger partial charge on any atom is 0.156 e. The van der Waals surface area contributed by atoms with Gasteiger partial charge in [0.15, 0.2) is 11.9 Å². The van der Waals surface area contributed by atoms with E-state index in [1.165, 1.54) is 12.1 Å². The summed E-state index contributed by atoms with van der Waals surface area (Å²) in [6, 6.07) is 13.5. The number of aliphatic hydroxyl groups excluding tert-OH is 1. The van der Waals surface area contributed by atoms with Crippen LogP contribution in [-0.4, -0.2) is 40.8 Å². The summed E-state index contributed by atoms with van der Waals surface area (Å²) in [5.74, 6) is 0.983. The lowest BCUT2D eigenvalue weighted by atomic mass is 10.1. The molecular formula is C24H20FN7O2. The van der Waals surface area contributed by atoms with Gasteiger partial charge in [0.05, 0.1) is 24.2 Å². The van der Waals surface area contributed by atoms with Crippen LogP contribution < -0.4 is 5.32 Å². The van der Waals surface area contributed by atoms with Gasteiger partial charge in [-0.2, -0.15) is 5.10 Å². The highest BCUT2D eigenvalue weighted by molar-refractivity contribution is 5.77. The molecule has 0 bridgehead atoms. The van der Waals surface area contributed by atoms with Gasteiger partial charge in [-0.15, -0.1) is 0 Å². The fourth-order valence-corrected chi connectivity index (χ4v) is 4.09. The number of hydrogen-bond donors (Lipinski definition) is 2. The first-order valence-electron chi connectivity index (χ1n) is 10.8. The van der Waals surface area contributed by atoms with Crippen LogP contribution >= 0.6 is 0 Å². The molecule has 1 aliphatic rings. The van der Waals surface area contributed by atoms with Gasteiger partial charge in [-0.3, -0.25) is 4.98 Å². The summed E-state index contributed by atoms with van der Waals surface area (Å²) < 4.78 is 22.9. The van der Waals surface area contributed by atoms with E-state index < -0.39 is 6.23 Å². The zero-order valence-electron chi connectivity index (χ0n) is 18.0. The van der Waals surface area contributed by atoms with E-state index in [0.717, 1.165) is 22.8 Å². The first-order valence-corrected chi connectivity index (χ1v) is 10.8. The van der Waals surface area contributed by atoms with Crippen LogP contribution in [0.2, 0.25) is 0 Å². The Balaban J connectivity index is 1.39. The van der Waals surface area contributed by atoms with Crippen molar-refractivity contribution in [2.45, 2.75) is 19.4 Å². The zero-order valence-corrected chi connectivity index (χ0v) is 18.0. The van der Waals surface area contributed by atoms with Crippen molar-refractivity contribution >= 4 is 11.5 Å². The minimum atomic E-state index is -0.931. The number of anilines is 1. The van der Waals surface area contributed by atoms with Gasteiger partial charge in [0.25, 0.3) is 0 Å². The van der Waals surface area contributed by atoms with E-state index in [4.69, 9.17) is 14.8 Å². The van der Waals surface area contributed by atoms with Crippen LogP contribution in [0.15, 0.2) is 67.1 Å². The van der Waals surface area contributed by atoms with E-state index in [1.54, 1.807) is 47.4 Å². The smallest absolute Gasteiger partial charge is 0.156 e.